The molecule has 114 valence electrons. The van der Waals surface area contributed by atoms with E-state index < -0.39 is 11.6 Å². The van der Waals surface area contributed by atoms with Crippen LogP contribution >= 0.6 is 0 Å². The van der Waals surface area contributed by atoms with Crippen LogP contribution in [0.25, 0.3) is 0 Å². The largest absolute Gasteiger partial charge is 0.333 e. The number of nitrogens with one attached hydrogen (secondary N) is 1. The number of hydrogen-bond acceptors (Lipinski definition) is 1. The number of rotatable bonds is 2. The molecule has 0 radical (unpaired) electrons. The molecule has 0 bridgehead atoms. The third kappa shape index (κ3) is 2.66. The van der Waals surface area contributed by atoms with Gasteiger partial charge in [-0.05, 0) is 43.2 Å². The van der Waals surface area contributed by atoms with Gasteiger partial charge in [-0.1, -0.05) is 18.2 Å². The third-order valence-electron chi connectivity index (χ3n) is 3.86. The van der Waals surface area contributed by atoms with Crippen LogP contribution in [0, 0.1) is 11.6 Å². The predicted molar refractivity (Wildman–Crippen MR) is 80.7 cm³/mol. The quantitative estimate of drug-likeness (QED) is 0.903. The predicted octanol–water partition coefficient (Wildman–Crippen LogP) is 3.63. The summed E-state index contributed by atoms with van der Waals surface area (Å²) < 4.78 is 26.7. The summed E-state index contributed by atoms with van der Waals surface area (Å²) >= 11 is 0. The van der Waals surface area contributed by atoms with E-state index in [0.29, 0.717) is 0 Å². The molecule has 1 atom stereocenters. The van der Waals surface area contributed by atoms with Crippen LogP contribution in [0.15, 0.2) is 42.5 Å². The van der Waals surface area contributed by atoms with Crippen LogP contribution in [0.1, 0.15) is 18.1 Å². The molecular formula is C17H16F2N2O. The maximum Gasteiger partial charge on any atom is 0.322 e. The smallest absolute Gasteiger partial charge is 0.322 e. The highest BCUT2D eigenvalue weighted by Gasteiger charge is 2.30. The van der Waals surface area contributed by atoms with Gasteiger partial charge in [-0.3, -0.25) is 4.90 Å². The Bertz CT molecular complexity index is 718. The second-order valence-corrected chi connectivity index (χ2v) is 5.45. The molecule has 2 aromatic rings. The molecule has 1 heterocycles. The van der Waals surface area contributed by atoms with Crippen LogP contribution in [0.5, 0.6) is 0 Å². The van der Waals surface area contributed by atoms with Crippen molar-refractivity contribution in [3.05, 3.63) is 65.2 Å². The van der Waals surface area contributed by atoms with E-state index in [1.54, 1.807) is 4.90 Å². The number of anilines is 1. The fourth-order valence-electron chi connectivity index (χ4n) is 2.81. The fraction of sp³-hybridized carbons (Fsp3) is 0.235. The molecule has 0 aromatic heterocycles. The maximum absolute atomic E-state index is 13.6. The van der Waals surface area contributed by atoms with Crippen LogP contribution in [0.2, 0.25) is 0 Å². The minimum atomic E-state index is -0.531. The van der Waals surface area contributed by atoms with Crippen molar-refractivity contribution in [3.8, 4) is 0 Å². The summed E-state index contributed by atoms with van der Waals surface area (Å²) in [4.78, 5) is 14.0. The molecule has 1 aliphatic heterocycles. The first-order valence-corrected chi connectivity index (χ1v) is 7.15. The van der Waals surface area contributed by atoms with Gasteiger partial charge in [0.2, 0.25) is 0 Å². The summed E-state index contributed by atoms with van der Waals surface area (Å²) in [6, 6.07) is 10.6. The number of carbonyl (C=O) groups excluding carboxylic acids is 1. The summed E-state index contributed by atoms with van der Waals surface area (Å²) in [7, 11) is 0. The van der Waals surface area contributed by atoms with E-state index in [0.717, 1.165) is 35.9 Å². The third-order valence-corrected chi connectivity index (χ3v) is 3.86. The Hall–Kier alpha value is -2.43. The first-order chi connectivity index (χ1) is 10.6. The monoisotopic (exact) mass is 302 g/mol. The van der Waals surface area contributed by atoms with Crippen molar-refractivity contribution in [3.63, 3.8) is 0 Å². The maximum atomic E-state index is 13.6. The molecule has 22 heavy (non-hydrogen) atoms. The molecule has 0 saturated carbocycles. The fourth-order valence-corrected chi connectivity index (χ4v) is 2.81. The topological polar surface area (TPSA) is 32.3 Å². The molecule has 0 aliphatic carbocycles. The van der Waals surface area contributed by atoms with Crippen molar-refractivity contribution in [2.75, 3.05) is 4.90 Å². The molecule has 1 aliphatic rings. The zero-order valence-corrected chi connectivity index (χ0v) is 12.1. The van der Waals surface area contributed by atoms with E-state index in [4.69, 9.17) is 0 Å². The lowest BCUT2D eigenvalue weighted by atomic mass is 10.1. The molecule has 0 spiro atoms. The van der Waals surface area contributed by atoms with Gasteiger partial charge in [0.25, 0.3) is 0 Å². The van der Waals surface area contributed by atoms with Crippen molar-refractivity contribution < 1.29 is 13.6 Å². The van der Waals surface area contributed by atoms with Crippen LogP contribution in [0.4, 0.5) is 19.3 Å². The van der Waals surface area contributed by atoms with Gasteiger partial charge < -0.3 is 5.32 Å². The molecule has 5 heteroatoms. The number of carbonyl (C=O) groups is 1. The van der Waals surface area contributed by atoms with E-state index in [2.05, 4.69) is 5.32 Å². The van der Waals surface area contributed by atoms with Crippen LogP contribution < -0.4 is 10.2 Å². The summed E-state index contributed by atoms with van der Waals surface area (Å²) in [5, 5.41) is 2.66. The number of fused-ring (bicyclic) bond motifs is 1. The van der Waals surface area contributed by atoms with Crippen LogP contribution in [0.3, 0.4) is 0 Å². The van der Waals surface area contributed by atoms with Gasteiger partial charge in [0.15, 0.2) is 0 Å². The van der Waals surface area contributed by atoms with E-state index in [1.165, 1.54) is 0 Å². The minimum Gasteiger partial charge on any atom is -0.333 e. The molecule has 1 N–H and O–H groups in total. The lowest BCUT2D eigenvalue weighted by Gasteiger charge is -2.23. The highest BCUT2D eigenvalue weighted by Crippen LogP contribution is 2.31. The average molecular weight is 302 g/mol. The number of amides is 2. The van der Waals surface area contributed by atoms with Crippen molar-refractivity contribution in [1.82, 2.24) is 5.32 Å². The number of halogens is 2. The Morgan fingerprint density at radius 3 is 2.86 bits per heavy atom. The molecule has 3 nitrogen and oxygen atoms in total. The van der Waals surface area contributed by atoms with Gasteiger partial charge in [-0.2, -0.15) is 0 Å². The summed E-state index contributed by atoms with van der Waals surface area (Å²) in [5.41, 5.74) is 2.11. The van der Waals surface area contributed by atoms with Crippen molar-refractivity contribution in [2.24, 2.45) is 0 Å². The Balaban J connectivity index is 1.74. The highest BCUT2D eigenvalue weighted by molar-refractivity contribution is 5.94. The second kappa shape index (κ2) is 5.75. The first kappa shape index (κ1) is 14.5. The van der Waals surface area contributed by atoms with Gasteiger partial charge in [0.1, 0.15) is 11.6 Å². The number of urea groups is 1. The van der Waals surface area contributed by atoms with E-state index in [9.17, 15) is 13.6 Å². The lowest BCUT2D eigenvalue weighted by Crippen LogP contribution is -2.43. The van der Waals surface area contributed by atoms with E-state index in [1.807, 2.05) is 31.2 Å². The van der Waals surface area contributed by atoms with Gasteiger partial charge >= 0.3 is 6.03 Å². The SMILES string of the molecule is CC1Cc2ccccc2N1C(=O)NCc1cc(F)ccc1F. The number of benzene rings is 2. The molecule has 0 fully saturated rings. The first-order valence-electron chi connectivity index (χ1n) is 7.15. The summed E-state index contributed by atoms with van der Waals surface area (Å²) in [6.07, 6.45) is 0.790. The second-order valence-electron chi connectivity index (χ2n) is 5.45. The minimum absolute atomic E-state index is 0.0368. The molecule has 2 aromatic carbocycles. The Kier molecular flexibility index (Phi) is 3.79. The summed E-state index contributed by atoms with van der Waals surface area (Å²) in [6.45, 7) is 1.91. The zero-order valence-electron chi connectivity index (χ0n) is 12.1. The molecule has 1 unspecified atom stereocenters. The number of hydrogen-bond donors (Lipinski definition) is 1. The highest BCUT2D eigenvalue weighted by atomic mass is 19.1. The Labute approximate surface area is 127 Å². The standard InChI is InChI=1S/C17H16F2N2O/c1-11-8-12-4-2-3-5-16(12)21(11)17(22)20-10-13-9-14(18)6-7-15(13)19/h2-7,9,11H,8,10H2,1H3,(H,20,22). The molecule has 2 amide bonds. The van der Waals surface area contributed by atoms with Gasteiger partial charge in [0.05, 0.1) is 0 Å². The zero-order chi connectivity index (χ0) is 15.7. The Morgan fingerprint density at radius 2 is 2.05 bits per heavy atom. The van der Waals surface area contributed by atoms with E-state index >= 15 is 0 Å². The number of nitrogens with zero attached hydrogens (tertiary/aromatic N) is 1. The Morgan fingerprint density at radius 1 is 1.27 bits per heavy atom. The van der Waals surface area contributed by atoms with Gasteiger partial charge in [-0.15, -0.1) is 0 Å². The molecule has 3 rings (SSSR count). The van der Waals surface area contributed by atoms with Crippen molar-refractivity contribution in [2.45, 2.75) is 25.9 Å². The summed E-state index contributed by atoms with van der Waals surface area (Å²) in [5.74, 6) is -1.05. The number of para-hydroxylation sites is 1. The van der Waals surface area contributed by atoms with Crippen molar-refractivity contribution in [1.29, 1.82) is 0 Å². The van der Waals surface area contributed by atoms with Gasteiger partial charge in [0, 0.05) is 23.8 Å². The van der Waals surface area contributed by atoms with Crippen LogP contribution in [-0.2, 0) is 13.0 Å². The van der Waals surface area contributed by atoms with Crippen molar-refractivity contribution >= 4 is 11.7 Å². The van der Waals surface area contributed by atoms with Crippen LogP contribution in [-0.4, -0.2) is 12.1 Å². The van der Waals surface area contributed by atoms with Gasteiger partial charge in [-0.25, -0.2) is 13.6 Å². The normalized spacial score (nSPS) is 16.5. The molecule has 0 saturated heterocycles. The molecular weight excluding hydrogens is 286 g/mol. The van der Waals surface area contributed by atoms with E-state index in [-0.39, 0.29) is 24.2 Å². The lowest BCUT2D eigenvalue weighted by molar-refractivity contribution is 0.244. The average Bonchev–Trinajstić information content (AvgIpc) is 2.83.